The van der Waals surface area contributed by atoms with Gasteiger partial charge in [0.2, 0.25) is 0 Å². The van der Waals surface area contributed by atoms with Crippen LogP contribution in [0.5, 0.6) is 5.75 Å². The first-order chi connectivity index (χ1) is 7.63. The first-order valence-corrected chi connectivity index (χ1v) is 5.61. The number of phenols is 1. The molecule has 0 aliphatic heterocycles. The van der Waals surface area contributed by atoms with Gasteiger partial charge in [-0.25, -0.2) is 0 Å². The summed E-state index contributed by atoms with van der Waals surface area (Å²) in [5.41, 5.74) is 1.95. The van der Waals surface area contributed by atoms with Gasteiger partial charge in [-0.15, -0.1) is 0 Å². The summed E-state index contributed by atoms with van der Waals surface area (Å²) in [7, 11) is 0. The molecule has 0 fully saturated rings. The van der Waals surface area contributed by atoms with Crippen LogP contribution >= 0.6 is 0 Å². The number of benzene rings is 1. The number of aromatic hydroxyl groups is 1. The first kappa shape index (κ1) is 12.5. The van der Waals surface area contributed by atoms with Crippen LogP contribution in [0.3, 0.4) is 0 Å². The van der Waals surface area contributed by atoms with Crippen molar-refractivity contribution in [2.75, 3.05) is 0 Å². The fourth-order valence-corrected chi connectivity index (χ4v) is 1.47. The molecule has 0 spiro atoms. The Balaban J connectivity index is 2.51. The molecule has 16 heavy (non-hydrogen) atoms. The lowest BCUT2D eigenvalue weighted by Gasteiger charge is -2.02. The molecule has 1 aromatic rings. The molecule has 0 heterocycles. The molecule has 2 heteroatoms. The summed E-state index contributed by atoms with van der Waals surface area (Å²) in [6, 6.07) is 5.46. The van der Waals surface area contributed by atoms with Gasteiger partial charge in [-0.2, -0.15) is 0 Å². The lowest BCUT2D eigenvalue weighted by molar-refractivity contribution is -0.114. The molecular weight excluding hydrogens is 200 g/mol. The van der Waals surface area contributed by atoms with Crippen LogP contribution in [0.15, 0.2) is 30.4 Å². The van der Waals surface area contributed by atoms with E-state index in [0.717, 1.165) is 24.0 Å². The molecular formula is C14H18O2. The van der Waals surface area contributed by atoms with E-state index in [-0.39, 0.29) is 5.78 Å². The Morgan fingerprint density at radius 1 is 1.44 bits per heavy atom. The second-order valence-electron chi connectivity index (χ2n) is 3.90. The number of rotatable bonds is 5. The van der Waals surface area contributed by atoms with E-state index in [2.05, 4.69) is 0 Å². The zero-order valence-corrected chi connectivity index (χ0v) is 9.86. The van der Waals surface area contributed by atoms with Crippen LogP contribution in [0.2, 0.25) is 0 Å². The first-order valence-electron chi connectivity index (χ1n) is 5.61. The van der Waals surface area contributed by atoms with Crippen LogP contribution in [-0.4, -0.2) is 10.9 Å². The molecule has 86 valence electrons. The van der Waals surface area contributed by atoms with Crippen LogP contribution in [-0.2, 0) is 11.2 Å². The zero-order chi connectivity index (χ0) is 12.0. The summed E-state index contributed by atoms with van der Waals surface area (Å²) in [6.07, 6.45) is 5.68. The number of phenolic OH excluding ortho intramolecular Hbond substituents is 1. The molecule has 0 saturated heterocycles. The number of hydrogen-bond donors (Lipinski definition) is 1. The Hall–Kier alpha value is -1.57. The summed E-state index contributed by atoms with van der Waals surface area (Å²) < 4.78 is 0. The third-order valence-corrected chi connectivity index (χ3v) is 2.46. The average Bonchev–Trinajstić information content (AvgIpc) is 2.28. The topological polar surface area (TPSA) is 37.3 Å². The lowest BCUT2D eigenvalue weighted by Crippen LogP contribution is -1.96. The van der Waals surface area contributed by atoms with Crippen LogP contribution in [0.25, 0.3) is 0 Å². The third-order valence-electron chi connectivity index (χ3n) is 2.46. The highest BCUT2D eigenvalue weighted by atomic mass is 16.3. The van der Waals surface area contributed by atoms with Gasteiger partial charge >= 0.3 is 0 Å². The van der Waals surface area contributed by atoms with Crippen molar-refractivity contribution in [1.29, 1.82) is 0 Å². The molecule has 1 rings (SSSR count). The van der Waals surface area contributed by atoms with Gasteiger partial charge in [0.1, 0.15) is 5.75 Å². The van der Waals surface area contributed by atoms with Gasteiger partial charge in [-0.05, 0) is 43.0 Å². The number of aryl methyl sites for hydroxylation is 2. The minimum atomic E-state index is 0.160. The summed E-state index contributed by atoms with van der Waals surface area (Å²) in [4.78, 5) is 11.4. The van der Waals surface area contributed by atoms with E-state index in [0.29, 0.717) is 12.2 Å². The molecule has 0 saturated carbocycles. The van der Waals surface area contributed by atoms with Crippen molar-refractivity contribution < 1.29 is 9.90 Å². The monoisotopic (exact) mass is 218 g/mol. The Kier molecular flexibility index (Phi) is 4.77. The van der Waals surface area contributed by atoms with E-state index in [1.807, 2.05) is 32.1 Å². The van der Waals surface area contributed by atoms with Crippen LogP contribution < -0.4 is 0 Å². The third kappa shape index (κ3) is 3.89. The molecule has 1 N–H and O–H groups in total. The normalized spacial score (nSPS) is 10.9. The van der Waals surface area contributed by atoms with Crippen molar-refractivity contribution in [3.8, 4) is 5.75 Å². The predicted molar refractivity (Wildman–Crippen MR) is 65.6 cm³/mol. The van der Waals surface area contributed by atoms with Gasteiger partial charge in [-0.3, -0.25) is 4.79 Å². The van der Waals surface area contributed by atoms with Crippen molar-refractivity contribution in [3.05, 3.63) is 41.5 Å². The minimum Gasteiger partial charge on any atom is -0.508 e. The number of hydrogen-bond acceptors (Lipinski definition) is 2. The van der Waals surface area contributed by atoms with E-state index in [9.17, 15) is 9.90 Å². The Morgan fingerprint density at radius 2 is 2.19 bits per heavy atom. The Labute approximate surface area is 96.6 Å². The van der Waals surface area contributed by atoms with Gasteiger partial charge in [0, 0.05) is 6.42 Å². The smallest absolute Gasteiger partial charge is 0.155 e. The molecule has 2 nitrogen and oxygen atoms in total. The molecule has 0 bridgehead atoms. The predicted octanol–water partition coefficient (Wildman–Crippen LogP) is 3.17. The van der Waals surface area contributed by atoms with Crippen molar-refractivity contribution >= 4 is 5.78 Å². The maximum atomic E-state index is 11.4. The second-order valence-corrected chi connectivity index (χ2v) is 3.90. The number of carbonyl (C=O) groups is 1. The SMILES string of the molecule is CC/C=C/C(=O)CCc1ccc(O)c(C)c1. The molecule has 1 aromatic carbocycles. The van der Waals surface area contributed by atoms with Gasteiger partial charge in [0.15, 0.2) is 5.78 Å². The van der Waals surface area contributed by atoms with E-state index in [4.69, 9.17) is 0 Å². The van der Waals surface area contributed by atoms with Gasteiger partial charge in [0.25, 0.3) is 0 Å². The summed E-state index contributed by atoms with van der Waals surface area (Å²) in [6.45, 7) is 3.87. The van der Waals surface area contributed by atoms with E-state index >= 15 is 0 Å². The highest BCUT2D eigenvalue weighted by molar-refractivity contribution is 5.89. The minimum absolute atomic E-state index is 0.160. The summed E-state index contributed by atoms with van der Waals surface area (Å²) >= 11 is 0. The van der Waals surface area contributed by atoms with E-state index in [1.165, 1.54) is 0 Å². The molecule has 0 radical (unpaired) electrons. The summed E-state index contributed by atoms with van der Waals surface area (Å²) in [5.74, 6) is 0.466. The van der Waals surface area contributed by atoms with Crippen LogP contribution in [0, 0.1) is 6.92 Å². The Bertz CT molecular complexity index is 392. The molecule has 0 unspecified atom stereocenters. The highest BCUT2D eigenvalue weighted by Gasteiger charge is 2.01. The number of allylic oxidation sites excluding steroid dienone is 2. The Morgan fingerprint density at radius 3 is 2.81 bits per heavy atom. The van der Waals surface area contributed by atoms with Crippen molar-refractivity contribution in [2.45, 2.75) is 33.1 Å². The van der Waals surface area contributed by atoms with E-state index in [1.54, 1.807) is 12.1 Å². The highest BCUT2D eigenvalue weighted by Crippen LogP contribution is 2.17. The van der Waals surface area contributed by atoms with Gasteiger partial charge in [-0.1, -0.05) is 25.1 Å². The fourth-order valence-electron chi connectivity index (χ4n) is 1.47. The molecule has 0 atom stereocenters. The molecule has 0 aromatic heterocycles. The van der Waals surface area contributed by atoms with Crippen molar-refractivity contribution in [2.24, 2.45) is 0 Å². The van der Waals surface area contributed by atoms with Gasteiger partial charge in [0.05, 0.1) is 0 Å². The zero-order valence-electron chi connectivity index (χ0n) is 9.86. The van der Waals surface area contributed by atoms with Gasteiger partial charge < -0.3 is 5.11 Å². The number of carbonyl (C=O) groups excluding carboxylic acids is 1. The van der Waals surface area contributed by atoms with Crippen molar-refractivity contribution in [3.63, 3.8) is 0 Å². The molecule has 0 aliphatic rings. The maximum absolute atomic E-state index is 11.4. The number of ketones is 1. The van der Waals surface area contributed by atoms with E-state index < -0.39 is 0 Å². The quantitative estimate of drug-likeness (QED) is 0.771. The average molecular weight is 218 g/mol. The van der Waals surface area contributed by atoms with Crippen LogP contribution in [0.1, 0.15) is 30.9 Å². The maximum Gasteiger partial charge on any atom is 0.155 e. The molecule has 0 aliphatic carbocycles. The fraction of sp³-hybridized carbons (Fsp3) is 0.357. The van der Waals surface area contributed by atoms with Crippen molar-refractivity contribution in [1.82, 2.24) is 0 Å². The largest absolute Gasteiger partial charge is 0.508 e. The summed E-state index contributed by atoms with van der Waals surface area (Å²) in [5, 5.41) is 9.36. The van der Waals surface area contributed by atoms with Crippen LogP contribution in [0.4, 0.5) is 0 Å². The standard InChI is InChI=1S/C14H18O2/c1-3-4-5-13(15)8-6-12-7-9-14(16)11(2)10-12/h4-5,7,9-10,16H,3,6,8H2,1-2H3/b5-4+. The lowest BCUT2D eigenvalue weighted by atomic mass is 10.0. The second kappa shape index (κ2) is 6.11. The molecule has 0 amide bonds.